The normalized spacial score (nSPS) is 24.3. The molecule has 0 saturated carbocycles. The van der Waals surface area contributed by atoms with E-state index in [2.05, 4.69) is 28.9 Å². The third-order valence-electron chi connectivity index (χ3n) is 6.55. The highest BCUT2D eigenvalue weighted by molar-refractivity contribution is 7.88. The summed E-state index contributed by atoms with van der Waals surface area (Å²) in [6.45, 7) is 1.99. The summed E-state index contributed by atoms with van der Waals surface area (Å²) in [5.74, 6) is 7.19. The number of para-hydroxylation sites is 1. The maximum absolute atomic E-state index is 12.2. The zero-order valence-corrected chi connectivity index (χ0v) is 19.4. The van der Waals surface area contributed by atoms with Crippen LogP contribution in [0.2, 0.25) is 0 Å². The quantitative estimate of drug-likeness (QED) is 0.718. The van der Waals surface area contributed by atoms with Crippen LogP contribution in [0.15, 0.2) is 48.5 Å². The Morgan fingerprint density at radius 1 is 1.06 bits per heavy atom. The van der Waals surface area contributed by atoms with E-state index >= 15 is 0 Å². The first-order valence-electron chi connectivity index (χ1n) is 11.0. The lowest BCUT2D eigenvalue weighted by molar-refractivity contribution is -0.0553. The van der Waals surface area contributed by atoms with Crippen LogP contribution < -0.4 is 4.74 Å². The minimum absolute atomic E-state index is 0.0185. The molecule has 6 nitrogen and oxygen atoms in total. The van der Waals surface area contributed by atoms with Crippen molar-refractivity contribution in [1.29, 1.82) is 0 Å². The Labute approximate surface area is 190 Å². The van der Waals surface area contributed by atoms with E-state index < -0.39 is 10.0 Å². The fourth-order valence-corrected chi connectivity index (χ4v) is 5.77. The Morgan fingerprint density at radius 2 is 1.78 bits per heavy atom. The molecule has 2 aromatic rings. The second kappa shape index (κ2) is 9.63. The highest BCUT2D eigenvalue weighted by Gasteiger charge is 2.49. The van der Waals surface area contributed by atoms with Crippen molar-refractivity contribution in [2.24, 2.45) is 0 Å². The van der Waals surface area contributed by atoms with Crippen LogP contribution in [0, 0.1) is 11.8 Å². The summed E-state index contributed by atoms with van der Waals surface area (Å²) in [6, 6.07) is 15.9. The lowest BCUT2D eigenvalue weighted by Crippen LogP contribution is -2.67. The lowest BCUT2D eigenvalue weighted by Gasteiger charge is -2.57. The predicted molar refractivity (Wildman–Crippen MR) is 125 cm³/mol. The van der Waals surface area contributed by atoms with Crippen molar-refractivity contribution in [2.45, 2.75) is 30.8 Å². The van der Waals surface area contributed by atoms with Gasteiger partial charge in [-0.15, -0.1) is 0 Å². The Bertz CT molecular complexity index is 1100. The molecule has 2 fully saturated rings. The van der Waals surface area contributed by atoms with Crippen molar-refractivity contribution in [3.63, 3.8) is 0 Å². The summed E-state index contributed by atoms with van der Waals surface area (Å²) >= 11 is 0. The molecule has 0 aliphatic carbocycles. The summed E-state index contributed by atoms with van der Waals surface area (Å²) in [4.78, 5) is 2.28. The van der Waals surface area contributed by atoms with E-state index in [-0.39, 0.29) is 24.6 Å². The third kappa shape index (κ3) is 4.69. The zero-order chi connectivity index (χ0) is 22.7. The number of nitrogens with zero attached hydrogens (tertiary/aromatic N) is 2. The Kier molecular flexibility index (Phi) is 6.87. The van der Waals surface area contributed by atoms with Crippen LogP contribution in [-0.4, -0.2) is 74.4 Å². The standard InChI is InChI=1S/C25H30N2O4S/c1-31-24-8-4-3-7-20(24)12-9-19-10-13-21(14-11-19)25-22-17-26(32(2,29)30)15-5-6-16-27(22)23(25)18-28/h3-4,7-8,10-11,13-14,22-23,25,28H,5-6,15-18H2,1-2H3/t22-,23+,25+/m0/s1. The minimum atomic E-state index is -3.25. The van der Waals surface area contributed by atoms with Gasteiger partial charge in [-0.2, -0.15) is 0 Å². The van der Waals surface area contributed by atoms with Crippen LogP contribution >= 0.6 is 0 Å². The largest absolute Gasteiger partial charge is 0.495 e. The molecular formula is C25H30N2O4S. The van der Waals surface area contributed by atoms with E-state index in [9.17, 15) is 13.5 Å². The molecule has 0 amide bonds. The molecule has 32 heavy (non-hydrogen) atoms. The first kappa shape index (κ1) is 22.8. The highest BCUT2D eigenvalue weighted by Crippen LogP contribution is 2.42. The maximum Gasteiger partial charge on any atom is 0.211 e. The van der Waals surface area contributed by atoms with Crippen molar-refractivity contribution >= 4 is 10.0 Å². The maximum atomic E-state index is 12.2. The molecule has 2 saturated heterocycles. The van der Waals surface area contributed by atoms with Crippen LogP contribution in [-0.2, 0) is 10.0 Å². The van der Waals surface area contributed by atoms with Crippen molar-refractivity contribution < 1.29 is 18.3 Å². The molecule has 0 bridgehead atoms. The van der Waals surface area contributed by atoms with E-state index in [4.69, 9.17) is 4.74 Å². The summed E-state index contributed by atoms with van der Waals surface area (Å²) in [5, 5.41) is 10.1. The topological polar surface area (TPSA) is 70.1 Å². The van der Waals surface area contributed by atoms with Crippen LogP contribution in [0.5, 0.6) is 5.75 Å². The predicted octanol–water partition coefficient (Wildman–Crippen LogP) is 2.28. The van der Waals surface area contributed by atoms with Crippen LogP contribution in [0.25, 0.3) is 0 Å². The van der Waals surface area contributed by atoms with Gasteiger partial charge in [0.05, 0.1) is 25.5 Å². The second-order valence-corrected chi connectivity index (χ2v) is 10.5. The van der Waals surface area contributed by atoms with Gasteiger partial charge in [0.2, 0.25) is 10.0 Å². The van der Waals surface area contributed by atoms with E-state index in [1.54, 1.807) is 11.4 Å². The number of hydrogen-bond acceptors (Lipinski definition) is 5. The molecule has 170 valence electrons. The van der Waals surface area contributed by atoms with Crippen molar-refractivity contribution in [2.75, 3.05) is 39.6 Å². The lowest BCUT2D eigenvalue weighted by atomic mass is 9.74. The van der Waals surface area contributed by atoms with E-state index in [1.165, 1.54) is 6.26 Å². The van der Waals surface area contributed by atoms with Crippen LogP contribution in [0.1, 0.15) is 35.4 Å². The zero-order valence-electron chi connectivity index (χ0n) is 18.6. The number of sulfonamides is 1. The van der Waals surface area contributed by atoms with Gasteiger partial charge in [0.25, 0.3) is 0 Å². The van der Waals surface area contributed by atoms with Gasteiger partial charge in [-0.25, -0.2) is 12.7 Å². The molecule has 2 aromatic carbocycles. The monoisotopic (exact) mass is 454 g/mol. The summed E-state index contributed by atoms with van der Waals surface area (Å²) in [7, 11) is -1.61. The molecule has 7 heteroatoms. The summed E-state index contributed by atoms with van der Waals surface area (Å²) in [6.07, 6.45) is 3.06. The van der Waals surface area contributed by atoms with E-state index in [0.717, 1.165) is 41.8 Å². The number of aliphatic hydroxyl groups is 1. The molecule has 2 aliphatic heterocycles. The SMILES string of the molecule is COc1ccccc1C#Cc1ccc([C@H]2[C@@H](CO)N3CCCCN(S(C)(=O)=O)C[C@@H]23)cc1. The molecular weight excluding hydrogens is 424 g/mol. The number of hydrogen-bond donors (Lipinski definition) is 1. The molecule has 0 unspecified atom stereocenters. The van der Waals surface area contributed by atoms with Crippen LogP contribution in [0.3, 0.4) is 0 Å². The van der Waals surface area contributed by atoms with Gasteiger partial charge >= 0.3 is 0 Å². The molecule has 0 spiro atoms. The number of rotatable bonds is 4. The smallest absolute Gasteiger partial charge is 0.211 e. The third-order valence-corrected chi connectivity index (χ3v) is 7.82. The van der Waals surface area contributed by atoms with Crippen molar-refractivity contribution in [3.05, 3.63) is 65.2 Å². The molecule has 1 N–H and O–H groups in total. The fourth-order valence-electron chi connectivity index (χ4n) is 4.89. The Balaban J connectivity index is 1.55. The fraction of sp³-hybridized carbons (Fsp3) is 0.440. The molecule has 0 aromatic heterocycles. The van der Waals surface area contributed by atoms with Gasteiger partial charge in [0.15, 0.2) is 0 Å². The van der Waals surface area contributed by atoms with Gasteiger partial charge in [0, 0.05) is 36.7 Å². The number of benzene rings is 2. The van der Waals surface area contributed by atoms with E-state index in [0.29, 0.717) is 13.1 Å². The van der Waals surface area contributed by atoms with E-state index in [1.807, 2.05) is 36.4 Å². The second-order valence-electron chi connectivity index (χ2n) is 8.48. The van der Waals surface area contributed by atoms with Gasteiger partial charge < -0.3 is 9.84 Å². The molecule has 2 heterocycles. The number of ether oxygens (including phenoxy) is 1. The van der Waals surface area contributed by atoms with Gasteiger partial charge in [0.1, 0.15) is 5.75 Å². The van der Waals surface area contributed by atoms with Crippen molar-refractivity contribution in [1.82, 2.24) is 9.21 Å². The van der Waals surface area contributed by atoms with Crippen LogP contribution in [0.4, 0.5) is 0 Å². The molecule has 3 atom stereocenters. The number of aliphatic hydroxyl groups excluding tert-OH is 1. The Hall–Kier alpha value is -2.37. The first-order valence-corrected chi connectivity index (χ1v) is 12.8. The van der Waals surface area contributed by atoms with Gasteiger partial charge in [-0.1, -0.05) is 36.1 Å². The van der Waals surface area contributed by atoms with Gasteiger partial charge in [-0.3, -0.25) is 4.90 Å². The molecule has 2 aliphatic rings. The Morgan fingerprint density at radius 3 is 2.47 bits per heavy atom. The average Bonchev–Trinajstić information content (AvgIpc) is 2.76. The first-order chi connectivity index (χ1) is 15.4. The van der Waals surface area contributed by atoms with Crippen molar-refractivity contribution in [3.8, 4) is 17.6 Å². The minimum Gasteiger partial charge on any atom is -0.495 e. The number of fused-ring (bicyclic) bond motifs is 1. The van der Waals surface area contributed by atoms with Gasteiger partial charge in [-0.05, 0) is 49.2 Å². The molecule has 4 rings (SSSR count). The summed E-state index contributed by atoms with van der Waals surface area (Å²) in [5.41, 5.74) is 2.85. The average molecular weight is 455 g/mol. The molecule has 0 radical (unpaired) electrons. The number of methoxy groups -OCH3 is 1. The highest BCUT2D eigenvalue weighted by atomic mass is 32.2. The summed E-state index contributed by atoms with van der Waals surface area (Å²) < 4.78 is 31.4.